The Morgan fingerprint density at radius 2 is 2.12 bits per heavy atom. The Hall–Kier alpha value is -1.32. The van der Waals surface area contributed by atoms with Crippen LogP contribution in [0.2, 0.25) is 5.02 Å². The van der Waals surface area contributed by atoms with E-state index in [1.165, 1.54) is 6.08 Å². The van der Waals surface area contributed by atoms with Crippen LogP contribution in [0.1, 0.15) is 12.5 Å². The van der Waals surface area contributed by atoms with Crippen molar-refractivity contribution in [1.82, 2.24) is 5.32 Å². The molecule has 0 aromatic heterocycles. The highest BCUT2D eigenvalue weighted by atomic mass is 35.5. The maximum Gasteiger partial charge on any atom is 0.244 e. The third-order valence-electron chi connectivity index (χ3n) is 1.96. The van der Waals surface area contributed by atoms with E-state index in [1.54, 1.807) is 25.1 Å². The minimum atomic E-state index is -0.234. The molecule has 1 aromatic rings. The van der Waals surface area contributed by atoms with Crippen molar-refractivity contribution < 1.29 is 9.90 Å². The van der Waals surface area contributed by atoms with Crippen LogP contribution < -0.4 is 5.32 Å². The molecule has 1 unspecified atom stereocenters. The standard InChI is InChI=1S/C12H14ClNO2/c1-9(8-15)14-12(16)7-4-10-2-5-11(13)6-3-10/h2-7,9,15H,8H2,1H3,(H,14,16)/b7-4+. The number of amides is 1. The van der Waals surface area contributed by atoms with Crippen LogP contribution in [0.15, 0.2) is 30.3 Å². The minimum absolute atomic E-state index is 0.0689. The fourth-order valence-corrected chi connectivity index (χ4v) is 1.21. The van der Waals surface area contributed by atoms with E-state index < -0.39 is 0 Å². The van der Waals surface area contributed by atoms with Gasteiger partial charge in [-0.15, -0.1) is 0 Å². The lowest BCUT2D eigenvalue weighted by Gasteiger charge is -2.07. The first-order valence-electron chi connectivity index (χ1n) is 4.97. The zero-order valence-electron chi connectivity index (χ0n) is 8.98. The van der Waals surface area contributed by atoms with E-state index in [4.69, 9.17) is 16.7 Å². The lowest BCUT2D eigenvalue weighted by molar-refractivity contribution is -0.117. The second-order valence-corrected chi connectivity index (χ2v) is 3.91. The van der Waals surface area contributed by atoms with Crippen molar-refractivity contribution in [2.24, 2.45) is 0 Å². The molecule has 0 bridgehead atoms. The first kappa shape index (κ1) is 12.7. The smallest absolute Gasteiger partial charge is 0.244 e. The van der Waals surface area contributed by atoms with Gasteiger partial charge in [0, 0.05) is 17.1 Å². The maximum absolute atomic E-state index is 11.3. The number of carbonyl (C=O) groups excluding carboxylic acids is 1. The summed E-state index contributed by atoms with van der Waals surface area (Å²) < 4.78 is 0. The molecule has 2 N–H and O–H groups in total. The van der Waals surface area contributed by atoms with Crippen LogP contribution in [0.3, 0.4) is 0 Å². The molecule has 0 radical (unpaired) electrons. The number of nitrogens with one attached hydrogen (secondary N) is 1. The van der Waals surface area contributed by atoms with Gasteiger partial charge in [-0.2, -0.15) is 0 Å². The molecule has 86 valence electrons. The quantitative estimate of drug-likeness (QED) is 0.788. The highest BCUT2D eigenvalue weighted by Crippen LogP contribution is 2.10. The van der Waals surface area contributed by atoms with Crippen LogP contribution in [0.25, 0.3) is 6.08 Å². The van der Waals surface area contributed by atoms with Gasteiger partial charge >= 0.3 is 0 Å². The molecule has 1 rings (SSSR count). The molecule has 3 nitrogen and oxygen atoms in total. The molecular weight excluding hydrogens is 226 g/mol. The van der Waals surface area contributed by atoms with E-state index in [9.17, 15) is 4.79 Å². The molecule has 1 aromatic carbocycles. The van der Waals surface area contributed by atoms with Gasteiger partial charge in [-0.1, -0.05) is 23.7 Å². The van der Waals surface area contributed by atoms with Crippen LogP contribution in [0.4, 0.5) is 0 Å². The molecule has 0 fully saturated rings. The molecule has 0 aliphatic carbocycles. The number of benzene rings is 1. The summed E-state index contributed by atoms with van der Waals surface area (Å²) >= 11 is 5.73. The van der Waals surface area contributed by atoms with Gasteiger partial charge in [-0.05, 0) is 30.7 Å². The number of hydrogen-bond donors (Lipinski definition) is 2. The van der Waals surface area contributed by atoms with Crippen molar-refractivity contribution in [2.45, 2.75) is 13.0 Å². The maximum atomic E-state index is 11.3. The molecule has 0 aliphatic rings. The fraction of sp³-hybridized carbons (Fsp3) is 0.250. The van der Waals surface area contributed by atoms with Crippen LogP contribution in [0.5, 0.6) is 0 Å². The summed E-state index contributed by atoms with van der Waals surface area (Å²) in [6, 6.07) is 6.93. The van der Waals surface area contributed by atoms with Crippen molar-refractivity contribution in [3.63, 3.8) is 0 Å². The zero-order chi connectivity index (χ0) is 12.0. The Balaban J connectivity index is 2.53. The van der Waals surface area contributed by atoms with Gasteiger partial charge in [0.2, 0.25) is 5.91 Å². The Bertz CT molecular complexity index is 373. The van der Waals surface area contributed by atoms with Crippen molar-refractivity contribution in [3.8, 4) is 0 Å². The SMILES string of the molecule is CC(CO)NC(=O)/C=C/c1ccc(Cl)cc1. The molecule has 0 heterocycles. The number of aliphatic hydroxyl groups excluding tert-OH is 1. The lowest BCUT2D eigenvalue weighted by Crippen LogP contribution is -2.33. The average molecular weight is 240 g/mol. The van der Waals surface area contributed by atoms with Gasteiger partial charge in [-0.3, -0.25) is 4.79 Å². The summed E-state index contributed by atoms with van der Waals surface area (Å²) in [5.74, 6) is -0.225. The monoisotopic (exact) mass is 239 g/mol. The normalized spacial score (nSPS) is 12.7. The molecule has 0 aliphatic heterocycles. The predicted molar refractivity (Wildman–Crippen MR) is 65.2 cm³/mol. The Morgan fingerprint density at radius 1 is 1.50 bits per heavy atom. The Morgan fingerprint density at radius 3 is 2.69 bits per heavy atom. The van der Waals surface area contributed by atoms with Crippen molar-refractivity contribution in [2.75, 3.05) is 6.61 Å². The first-order valence-corrected chi connectivity index (χ1v) is 5.34. The van der Waals surface area contributed by atoms with Crippen LogP contribution >= 0.6 is 11.6 Å². The molecule has 1 amide bonds. The van der Waals surface area contributed by atoms with E-state index in [0.717, 1.165) is 5.56 Å². The van der Waals surface area contributed by atoms with Gasteiger partial charge in [0.05, 0.1) is 6.61 Å². The van der Waals surface area contributed by atoms with E-state index in [1.807, 2.05) is 12.1 Å². The fourth-order valence-electron chi connectivity index (χ4n) is 1.08. The van der Waals surface area contributed by atoms with Crippen LogP contribution in [-0.4, -0.2) is 23.7 Å². The number of halogens is 1. The van der Waals surface area contributed by atoms with Crippen LogP contribution in [-0.2, 0) is 4.79 Å². The van der Waals surface area contributed by atoms with Crippen molar-refractivity contribution in [3.05, 3.63) is 40.9 Å². The van der Waals surface area contributed by atoms with E-state index in [2.05, 4.69) is 5.32 Å². The molecular formula is C12H14ClNO2. The zero-order valence-corrected chi connectivity index (χ0v) is 9.74. The van der Waals surface area contributed by atoms with Gasteiger partial charge in [-0.25, -0.2) is 0 Å². The summed E-state index contributed by atoms with van der Waals surface area (Å²) in [5.41, 5.74) is 0.899. The molecule has 1 atom stereocenters. The summed E-state index contributed by atoms with van der Waals surface area (Å²) in [6.45, 7) is 1.66. The Labute approximate surface area is 99.7 Å². The summed E-state index contributed by atoms with van der Waals surface area (Å²) in [6.07, 6.45) is 3.12. The second kappa shape index (κ2) is 6.30. The second-order valence-electron chi connectivity index (χ2n) is 3.48. The largest absolute Gasteiger partial charge is 0.394 e. The summed E-state index contributed by atoms with van der Waals surface area (Å²) in [5, 5.41) is 12.0. The van der Waals surface area contributed by atoms with Gasteiger partial charge in [0.1, 0.15) is 0 Å². The van der Waals surface area contributed by atoms with Gasteiger partial charge < -0.3 is 10.4 Å². The summed E-state index contributed by atoms with van der Waals surface area (Å²) in [7, 11) is 0. The van der Waals surface area contributed by atoms with Gasteiger partial charge in [0.25, 0.3) is 0 Å². The average Bonchev–Trinajstić information content (AvgIpc) is 2.28. The number of hydrogen-bond acceptors (Lipinski definition) is 2. The third-order valence-corrected chi connectivity index (χ3v) is 2.21. The lowest BCUT2D eigenvalue weighted by atomic mass is 10.2. The highest BCUT2D eigenvalue weighted by molar-refractivity contribution is 6.30. The number of aliphatic hydroxyl groups is 1. The molecule has 16 heavy (non-hydrogen) atoms. The number of carbonyl (C=O) groups is 1. The van der Waals surface area contributed by atoms with Crippen LogP contribution in [0, 0.1) is 0 Å². The Kier molecular flexibility index (Phi) is 5.02. The highest BCUT2D eigenvalue weighted by Gasteiger charge is 2.01. The molecule has 0 saturated heterocycles. The summed E-state index contributed by atoms with van der Waals surface area (Å²) in [4.78, 5) is 11.3. The first-order chi connectivity index (χ1) is 7.61. The van der Waals surface area contributed by atoms with E-state index in [-0.39, 0.29) is 18.6 Å². The predicted octanol–water partition coefficient (Wildman–Crippen LogP) is 1.85. The van der Waals surface area contributed by atoms with Crippen molar-refractivity contribution in [1.29, 1.82) is 0 Å². The minimum Gasteiger partial charge on any atom is -0.394 e. The van der Waals surface area contributed by atoms with E-state index >= 15 is 0 Å². The number of rotatable bonds is 4. The third kappa shape index (κ3) is 4.47. The molecule has 0 saturated carbocycles. The topological polar surface area (TPSA) is 49.3 Å². The van der Waals surface area contributed by atoms with E-state index in [0.29, 0.717) is 5.02 Å². The van der Waals surface area contributed by atoms with Crippen molar-refractivity contribution >= 4 is 23.6 Å². The molecule has 0 spiro atoms. The molecule has 4 heteroatoms. The van der Waals surface area contributed by atoms with Gasteiger partial charge in [0.15, 0.2) is 0 Å².